The van der Waals surface area contributed by atoms with Crippen LogP contribution in [0.1, 0.15) is 23.6 Å². The third kappa shape index (κ3) is 2.00. The topological polar surface area (TPSA) is 12.0 Å². The second-order valence-corrected chi connectivity index (χ2v) is 3.93. The average Bonchev–Trinajstić information content (AvgIpc) is 2.15. The first-order chi connectivity index (χ1) is 6.98. The van der Waals surface area contributed by atoms with Crippen LogP contribution in [0.15, 0.2) is 18.2 Å². The SMILES string of the molecule is CC1Cc2c(cccc2C(F)(F)F)CN1. The van der Waals surface area contributed by atoms with Crippen LogP contribution in [0.4, 0.5) is 13.2 Å². The third-order valence-corrected chi connectivity index (χ3v) is 2.73. The van der Waals surface area contributed by atoms with Crippen molar-refractivity contribution in [3.63, 3.8) is 0 Å². The molecule has 0 amide bonds. The summed E-state index contributed by atoms with van der Waals surface area (Å²) in [4.78, 5) is 0. The molecule has 1 aromatic carbocycles. The Hall–Kier alpha value is -1.03. The standard InChI is InChI=1S/C11H12F3N/c1-7-5-9-8(6-15-7)3-2-4-10(9)11(12,13)14/h2-4,7,15H,5-6H2,1H3. The lowest BCUT2D eigenvalue weighted by molar-refractivity contribution is -0.138. The number of hydrogen-bond donors (Lipinski definition) is 1. The van der Waals surface area contributed by atoms with E-state index < -0.39 is 11.7 Å². The van der Waals surface area contributed by atoms with Crippen molar-refractivity contribution in [1.82, 2.24) is 5.32 Å². The molecule has 1 heterocycles. The van der Waals surface area contributed by atoms with E-state index in [9.17, 15) is 13.2 Å². The van der Waals surface area contributed by atoms with Crippen LogP contribution in [-0.2, 0) is 19.1 Å². The van der Waals surface area contributed by atoms with E-state index in [2.05, 4.69) is 5.32 Å². The Morgan fingerprint density at radius 3 is 2.73 bits per heavy atom. The molecule has 2 rings (SSSR count). The van der Waals surface area contributed by atoms with E-state index in [0.29, 0.717) is 18.5 Å². The fourth-order valence-corrected chi connectivity index (χ4v) is 1.97. The van der Waals surface area contributed by atoms with Gasteiger partial charge < -0.3 is 5.32 Å². The van der Waals surface area contributed by atoms with Crippen LogP contribution in [0.3, 0.4) is 0 Å². The van der Waals surface area contributed by atoms with Gasteiger partial charge in [0.05, 0.1) is 5.56 Å². The minimum Gasteiger partial charge on any atom is -0.310 e. The van der Waals surface area contributed by atoms with E-state index >= 15 is 0 Å². The van der Waals surface area contributed by atoms with Crippen molar-refractivity contribution in [3.05, 3.63) is 34.9 Å². The van der Waals surface area contributed by atoms with Crippen molar-refractivity contribution < 1.29 is 13.2 Å². The zero-order chi connectivity index (χ0) is 11.1. The molecule has 82 valence electrons. The maximum absolute atomic E-state index is 12.7. The molecule has 1 N–H and O–H groups in total. The number of alkyl halides is 3. The van der Waals surface area contributed by atoms with Gasteiger partial charge in [0.1, 0.15) is 0 Å². The number of benzene rings is 1. The third-order valence-electron chi connectivity index (χ3n) is 2.73. The molecule has 0 radical (unpaired) electrons. The van der Waals surface area contributed by atoms with Crippen LogP contribution in [0.5, 0.6) is 0 Å². The van der Waals surface area contributed by atoms with Gasteiger partial charge >= 0.3 is 6.18 Å². The highest BCUT2D eigenvalue weighted by molar-refractivity contribution is 5.39. The summed E-state index contributed by atoms with van der Waals surface area (Å²) in [7, 11) is 0. The highest BCUT2D eigenvalue weighted by Crippen LogP contribution is 2.34. The fraction of sp³-hybridized carbons (Fsp3) is 0.455. The van der Waals surface area contributed by atoms with Gasteiger partial charge in [0.15, 0.2) is 0 Å². The van der Waals surface area contributed by atoms with Crippen LogP contribution in [0.25, 0.3) is 0 Å². The predicted octanol–water partition coefficient (Wildman–Crippen LogP) is 2.74. The van der Waals surface area contributed by atoms with Crippen LogP contribution in [0, 0.1) is 0 Å². The molecule has 1 unspecified atom stereocenters. The minimum atomic E-state index is -4.23. The highest BCUT2D eigenvalue weighted by atomic mass is 19.4. The van der Waals surface area contributed by atoms with Crippen molar-refractivity contribution in [2.24, 2.45) is 0 Å². The molecule has 0 spiro atoms. The van der Waals surface area contributed by atoms with Crippen molar-refractivity contribution in [1.29, 1.82) is 0 Å². The molecule has 0 aliphatic carbocycles. The number of rotatable bonds is 0. The summed E-state index contributed by atoms with van der Waals surface area (Å²) < 4.78 is 38.0. The van der Waals surface area contributed by atoms with Gasteiger partial charge in [-0.05, 0) is 30.5 Å². The molecular formula is C11H12F3N. The Balaban J connectivity index is 2.49. The van der Waals surface area contributed by atoms with Crippen LogP contribution in [-0.4, -0.2) is 6.04 Å². The Kier molecular flexibility index (Phi) is 2.46. The van der Waals surface area contributed by atoms with Gasteiger partial charge in [0.2, 0.25) is 0 Å². The van der Waals surface area contributed by atoms with E-state index in [4.69, 9.17) is 0 Å². The maximum atomic E-state index is 12.7. The summed E-state index contributed by atoms with van der Waals surface area (Å²) in [6.45, 7) is 2.43. The van der Waals surface area contributed by atoms with Gasteiger partial charge in [-0.25, -0.2) is 0 Å². The molecule has 0 bridgehead atoms. The Morgan fingerprint density at radius 2 is 2.07 bits per heavy atom. The van der Waals surface area contributed by atoms with Gasteiger partial charge in [0.25, 0.3) is 0 Å². The van der Waals surface area contributed by atoms with Gasteiger partial charge in [0, 0.05) is 12.6 Å². The smallest absolute Gasteiger partial charge is 0.310 e. The lowest BCUT2D eigenvalue weighted by atomic mass is 9.92. The molecular weight excluding hydrogens is 203 g/mol. The van der Waals surface area contributed by atoms with E-state index in [1.807, 2.05) is 6.92 Å². The molecule has 1 aliphatic heterocycles. The zero-order valence-corrected chi connectivity index (χ0v) is 8.36. The van der Waals surface area contributed by atoms with Crippen molar-refractivity contribution in [2.75, 3.05) is 0 Å². The number of hydrogen-bond acceptors (Lipinski definition) is 1. The first kappa shape index (κ1) is 10.5. The summed E-state index contributed by atoms with van der Waals surface area (Å²) in [6, 6.07) is 4.50. The maximum Gasteiger partial charge on any atom is 0.416 e. The number of nitrogens with one attached hydrogen (secondary N) is 1. The van der Waals surface area contributed by atoms with Crippen LogP contribution < -0.4 is 5.32 Å². The van der Waals surface area contributed by atoms with Crippen LogP contribution >= 0.6 is 0 Å². The van der Waals surface area contributed by atoms with Crippen LogP contribution in [0.2, 0.25) is 0 Å². The molecule has 0 aromatic heterocycles. The molecule has 1 atom stereocenters. The van der Waals surface area contributed by atoms with E-state index in [0.717, 1.165) is 11.6 Å². The lowest BCUT2D eigenvalue weighted by Gasteiger charge is -2.26. The Morgan fingerprint density at radius 1 is 1.33 bits per heavy atom. The Labute approximate surface area is 86.3 Å². The van der Waals surface area contributed by atoms with E-state index in [1.165, 1.54) is 6.07 Å². The lowest BCUT2D eigenvalue weighted by Crippen LogP contribution is -2.34. The largest absolute Gasteiger partial charge is 0.416 e. The number of halogens is 3. The van der Waals surface area contributed by atoms with Crippen molar-refractivity contribution in [3.8, 4) is 0 Å². The zero-order valence-electron chi connectivity index (χ0n) is 8.36. The molecule has 15 heavy (non-hydrogen) atoms. The molecule has 0 fully saturated rings. The monoisotopic (exact) mass is 215 g/mol. The molecule has 0 saturated carbocycles. The molecule has 1 nitrogen and oxygen atoms in total. The molecule has 4 heteroatoms. The number of fused-ring (bicyclic) bond motifs is 1. The summed E-state index contributed by atoms with van der Waals surface area (Å²) in [5.74, 6) is 0. The Bertz CT molecular complexity index is 371. The normalized spacial score (nSPS) is 21.2. The summed E-state index contributed by atoms with van der Waals surface area (Å²) in [6.07, 6.45) is -3.78. The second kappa shape index (κ2) is 3.52. The quantitative estimate of drug-likeness (QED) is 0.701. The van der Waals surface area contributed by atoms with Gasteiger partial charge in [-0.2, -0.15) is 13.2 Å². The molecule has 0 saturated heterocycles. The first-order valence-corrected chi connectivity index (χ1v) is 4.90. The molecule has 1 aromatic rings. The van der Waals surface area contributed by atoms with Gasteiger partial charge in [-0.1, -0.05) is 12.1 Å². The average molecular weight is 215 g/mol. The van der Waals surface area contributed by atoms with Gasteiger partial charge in [-0.3, -0.25) is 0 Å². The highest BCUT2D eigenvalue weighted by Gasteiger charge is 2.35. The predicted molar refractivity (Wildman–Crippen MR) is 51.4 cm³/mol. The fourth-order valence-electron chi connectivity index (χ4n) is 1.97. The minimum absolute atomic E-state index is 0.112. The van der Waals surface area contributed by atoms with Crippen molar-refractivity contribution >= 4 is 0 Å². The molecule has 1 aliphatic rings. The summed E-state index contributed by atoms with van der Waals surface area (Å²) in [5, 5.41) is 3.15. The van der Waals surface area contributed by atoms with Gasteiger partial charge in [-0.15, -0.1) is 0 Å². The second-order valence-electron chi connectivity index (χ2n) is 3.93. The van der Waals surface area contributed by atoms with Crippen molar-refractivity contribution in [2.45, 2.75) is 32.1 Å². The first-order valence-electron chi connectivity index (χ1n) is 4.90. The van der Waals surface area contributed by atoms with E-state index in [1.54, 1.807) is 6.07 Å². The summed E-state index contributed by atoms with van der Waals surface area (Å²) in [5.41, 5.74) is 0.743. The van der Waals surface area contributed by atoms with E-state index in [-0.39, 0.29) is 6.04 Å². The summed E-state index contributed by atoms with van der Waals surface area (Å²) >= 11 is 0.